The Bertz CT molecular complexity index is 976. The largest absolute Gasteiger partial charge is 0.347 e. The first-order chi connectivity index (χ1) is 13.9. The molecule has 3 aromatic rings. The molecule has 1 heterocycles. The number of halogens is 2. The fourth-order valence-corrected chi connectivity index (χ4v) is 5.26. The van der Waals surface area contributed by atoms with Crippen LogP contribution in [-0.4, -0.2) is 15.7 Å². The van der Waals surface area contributed by atoms with E-state index in [0.717, 1.165) is 28.7 Å². The number of nitrogens with zero attached hydrogens (tertiary/aromatic N) is 2. The molecule has 1 aromatic heterocycles. The number of hydrogen-bond acceptors (Lipinski definition) is 2. The molecular weight excluding hydrogens is 471 g/mol. The fourth-order valence-electron chi connectivity index (χ4n) is 3.23. The Labute approximate surface area is 181 Å². The van der Waals surface area contributed by atoms with Gasteiger partial charge < -0.3 is 5.32 Å². The van der Waals surface area contributed by atoms with E-state index >= 15 is 0 Å². The third-order valence-corrected chi connectivity index (χ3v) is 6.64. The number of carbonyl (C=O) groups is 1. The first-order valence-corrected chi connectivity index (χ1v) is 15.1. The molecule has 2 unspecified atom stereocenters. The summed E-state index contributed by atoms with van der Waals surface area (Å²) in [5, 5.41) is 7.65. The Hall–Kier alpha value is -1.61. The van der Waals surface area contributed by atoms with E-state index in [1.807, 2.05) is 30.3 Å². The van der Waals surface area contributed by atoms with Crippen LogP contribution in [0.3, 0.4) is 0 Å². The molecular formula is C21H24BrFN3OP2+. The molecule has 0 aliphatic rings. The molecule has 0 aliphatic heterocycles. The molecule has 0 saturated carbocycles. The highest BCUT2D eigenvalue weighted by molar-refractivity contribution is 9.44. The van der Waals surface area contributed by atoms with Crippen LogP contribution in [0.25, 0.3) is 5.69 Å². The zero-order valence-corrected chi connectivity index (χ0v) is 20.1. The number of aromatic nitrogens is 2. The van der Waals surface area contributed by atoms with Crippen molar-refractivity contribution in [2.75, 3.05) is 0 Å². The lowest BCUT2D eigenvalue weighted by atomic mass is 10.00. The zero-order chi connectivity index (χ0) is 21.0. The molecule has 2 atom stereocenters. The maximum absolute atomic E-state index is 13.4. The number of benzene rings is 2. The van der Waals surface area contributed by atoms with Gasteiger partial charge in [0.05, 0.1) is 17.7 Å². The smallest absolute Gasteiger partial charge is 0.272 e. The van der Waals surface area contributed by atoms with Gasteiger partial charge in [-0.3, -0.25) is 4.79 Å². The van der Waals surface area contributed by atoms with Crippen LogP contribution in [0.2, 0.25) is 0 Å². The molecule has 0 radical (unpaired) electrons. The number of carbonyl (C=O) groups excluding carboxylic acids is 1. The van der Waals surface area contributed by atoms with Gasteiger partial charge in [-0.1, -0.05) is 44.2 Å². The van der Waals surface area contributed by atoms with Gasteiger partial charge in [0.1, 0.15) is 27.5 Å². The number of nitrogens with one attached hydrogen (secondary N) is 1. The van der Waals surface area contributed by atoms with E-state index in [1.165, 1.54) is 12.1 Å². The van der Waals surface area contributed by atoms with Gasteiger partial charge in [-0.25, -0.2) is 9.07 Å². The Morgan fingerprint density at radius 1 is 1.21 bits per heavy atom. The lowest BCUT2D eigenvalue weighted by Crippen LogP contribution is -2.24. The monoisotopic (exact) mass is 494 g/mol. The highest BCUT2D eigenvalue weighted by atomic mass is 79.9. The van der Waals surface area contributed by atoms with Crippen LogP contribution in [-0.2, 0) is 12.7 Å². The highest BCUT2D eigenvalue weighted by Gasteiger charge is 2.28. The average Bonchev–Trinajstić information content (AvgIpc) is 3.06. The molecule has 4 nitrogen and oxygen atoms in total. The van der Waals surface area contributed by atoms with Crippen molar-refractivity contribution >= 4 is 36.6 Å². The predicted octanol–water partition coefficient (Wildman–Crippen LogP) is 5.88. The summed E-state index contributed by atoms with van der Waals surface area (Å²) in [6.45, 7) is 4.56. The summed E-state index contributed by atoms with van der Waals surface area (Å²) < 4.78 is 15.2. The normalized spacial score (nSPS) is 12.2. The third-order valence-electron chi connectivity index (χ3n) is 4.52. The van der Waals surface area contributed by atoms with Gasteiger partial charge in [0.15, 0.2) is 5.69 Å². The van der Waals surface area contributed by atoms with Crippen molar-refractivity contribution in [3.8, 4) is 5.69 Å². The second-order valence-corrected chi connectivity index (χ2v) is 16.0. The van der Waals surface area contributed by atoms with Gasteiger partial charge in [-0.15, -0.1) is 0 Å². The topological polar surface area (TPSA) is 46.9 Å². The average molecular weight is 495 g/mol. The lowest BCUT2D eigenvalue weighted by Gasteiger charge is -2.11. The van der Waals surface area contributed by atoms with Crippen molar-refractivity contribution in [2.24, 2.45) is 0 Å². The Morgan fingerprint density at radius 3 is 2.45 bits per heavy atom. The maximum atomic E-state index is 13.4. The quantitative estimate of drug-likeness (QED) is 0.417. The minimum Gasteiger partial charge on any atom is -0.347 e. The number of rotatable bonds is 7. The van der Waals surface area contributed by atoms with E-state index < -0.39 is 6.31 Å². The maximum Gasteiger partial charge on any atom is 0.272 e. The second-order valence-electron chi connectivity index (χ2n) is 7.04. The number of hydrogen-bond donors (Lipinski definition) is 1. The molecule has 8 heteroatoms. The minimum atomic E-state index is -0.883. The van der Waals surface area contributed by atoms with Crippen LogP contribution in [0.4, 0.5) is 4.39 Å². The van der Waals surface area contributed by atoms with E-state index in [9.17, 15) is 9.18 Å². The van der Waals surface area contributed by atoms with Gasteiger partial charge >= 0.3 is 0 Å². The van der Waals surface area contributed by atoms with E-state index in [1.54, 1.807) is 16.8 Å². The van der Waals surface area contributed by atoms with Crippen molar-refractivity contribution < 1.29 is 9.18 Å². The van der Waals surface area contributed by atoms with E-state index in [4.69, 9.17) is 0 Å². The standard InChI is InChI=1S/C21H23BrFN3OP2/c1-14(2)19-18(13-29(22)28)26(17-10-8-16(23)9-11-17)25-20(19)21(27)24-12-15-6-4-3-5-7-15/h3-11,14H,12-13,28H2,1-2H3,(H,24,27)/p+1. The molecule has 1 amide bonds. The predicted molar refractivity (Wildman–Crippen MR) is 126 cm³/mol. The first kappa shape index (κ1) is 22.1. The van der Waals surface area contributed by atoms with Crippen LogP contribution < -0.4 is 5.32 Å². The minimum absolute atomic E-state index is 0.121. The lowest BCUT2D eigenvalue weighted by molar-refractivity contribution is 0.0944. The number of amides is 1. The summed E-state index contributed by atoms with van der Waals surface area (Å²) in [6, 6.07) is 16.0. The Morgan fingerprint density at radius 2 is 1.86 bits per heavy atom. The Balaban J connectivity index is 2.01. The van der Waals surface area contributed by atoms with Gasteiger partial charge in [0.2, 0.25) is 0 Å². The zero-order valence-electron chi connectivity index (χ0n) is 16.3. The summed E-state index contributed by atoms with van der Waals surface area (Å²) in [4.78, 5) is 13.0. The van der Waals surface area contributed by atoms with E-state index in [2.05, 4.69) is 48.7 Å². The van der Waals surface area contributed by atoms with Gasteiger partial charge in [-0.05, 0) is 35.7 Å². The molecule has 29 heavy (non-hydrogen) atoms. The first-order valence-electron chi connectivity index (χ1n) is 9.33. The van der Waals surface area contributed by atoms with Crippen molar-refractivity contribution in [3.63, 3.8) is 0 Å². The second kappa shape index (κ2) is 9.93. The van der Waals surface area contributed by atoms with Crippen LogP contribution in [0, 0.1) is 5.82 Å². The van der Waals surface area contributed by atoms with Crippen LogP contribution in [0.15, 0.2) is 54.6 Å². The molecule has 1 N–H and O–H groups in total. The third kappa shape index (κ3) is 5.51. The molecule has 0 bridgehead atoms. The van der Waals surface area contributed by atoms with Crippen molar-refractivity contribution in [1.82, 2.24) is 15.1 Å². The molecule has 0 spiro atoms. The summed E-state index contributed by atoms with van der Waals surface area (Å²) >= 11 is 3.68. The SMILES string of the molecule is CC(C)c1c(C(=O)NCc2ccccc2)nn(-c2ccc(F)cc2)c1C[PH+](P)Br. The van der Waals surface area contributed by atoms with Crippen molar-refractivity contribution in [3.05, 3.63) is 82.9 Å². The molecule has 0 fully saturated rings. The van der Waals surface area contributed by atoms with Gasteiger partial charge in [0, 0.05) is 21.0 Å². The van der Waals surface area contributed by atoms with Crippen molar-refractivity contribution in [1.29, 1.82) is 0 Å². The van der Waals surface area contributed by atoms with Crippen molar-refractivity contribution in [2.45, 2.75) is 32.5 Å². The summed E-state index contributed by atoms with van der Waals surface area (Å²) in [5.41, 5.74) is 4.12. The fraction of sp³-hybridized carbons (Fsp3) is 0.238. The van der Waals surface area contributed by atoms with Crippen LogP contribution >= 0.6 is 30.7 Å². The van der Waals surface area contributed by atoms with Crippen LogP contribution in [0.5, 0.6) is 0 Å². The van der Waals surface area contributed by atoms with Crippen LogP contribution in [0.1, 0.15) is 47.1 Å². The summed E-state index contributed by atoms with van der Waals surface area (Å²) in [6.07, 6.45) is -0.120. The van der Waals surface area contributed by atoms with E-state index in [-0.39, 0.29) is 17.6 Å². The molecule has 2 aromatic carbocycles. The summed E-state index contributed by atoms with van der Waals surface area (Å²) in [7, 11) is 2.82. The molecule has 0 saturated heterocycles. The van der Waals surface area contributed by atoms with Gasteiger partial charge in [-0.2, -0.15) is 5.10 Å². The summed E-state index contributed by atoms with van der Waals surface area (Å²) in [5.74, 6) is -0.383. The molecule has 3 rings (SSSR count). The Kier molecular flexibility index (Phi) is 7.56. The van der Waals surface area contributed by atoms with E-state index in [0.29, 0.717) is 12.2 Å². The van der Waals surface area contributed by atoms with Gasteiger partial charge in [0.25, 0.3) is 5.91 Å². The highest BCUT2D eigenvalue weighted by Crippen LogP contribution is 2.56. The molecule has 152 valence electrons. The molecule has 0 aliphatic carbocycles.